The SMILES string of the molecule is CCC[CH2][Sn][O]C(=O)c1ccccc1. The fourth-order valence-corrected chi connectivity index (χ4v) is 3.42. The maximum absolute atomic E-state index is 11.4. The molecule has 0 amide bonds. The second-order valence-electron chi connectivity index (χ2n) is 3.00. The van der Waals surface area contributed by atoms with Gasteiger partial charge in [0.25, 0.3) is 0 Å². The molecule has 14 heavy (non-hydrogen) atoms. The Balaban J connectivity index is 2.29. The first kappa shape index (κ1) is 11.6. The first-order valence-electron chi connectivity index (χ1n) is 4.83. The average Bonchev–Trinajstić information content (AvgIpc) is 2.25. The zero-order chi connectivity index (χ0) is 10.2. The Hall–Kier alpha value is -0.511. The zero-order valence-corrected chi connectivity index (χ0v) is 11.2. The molecule has 0 aliphatic carbocycles. The van der Waals surface area contributed by atoms with E-state index in [-0.39, 0.29) is 5.97 Å². The van der Waals surface area contributed by atoms with E-state index in [1.165, 1.54) is 12.8 Å². The predicted molar refractivity (Wildman–Crippen MR) is 57.3 cm³/mol. The Morgan fingerprint density at radius 3 is 2.71 bits per heavy atom. The van der Waals surface area contributed by atoms with E-state index in [9.17, 15) is 4.79 Å². The topological polar surface area (TPSA) is 26.3 Å². The van der Waals surface area contributed by atoms with Gasteiger partial charge < -0.3 is 0 Å². The number of hydrogen-bond acceptors (Lipinski definition) is 2. The van der Waals surface area contributed by atoms with E-state index in [4.69, 9.17) is 3.07 Å². The third-order valence-electron chi connectivity index (χ3n) is 1.81. The molecule has 0 atom stereocenters. The summed E-state index contributed by atoms with van der Waals surface area (Å²) in [5.41, 5.74) is 0.671. The van der Waals surface area contributed by atoms with Gasteiger partial charge in [-0.25, -0.2) is 0 Å². The summed E-state index contributed by atoms with van der Waals surface area (Å²) in [6.07, 6.45) is 2.37. The fourth-order valence-electron chi connectivity index (χ4n) is 0.999. The van der Waals surface area contributed by atoms with Gasteiger partial charge in [-0.1, -0.05) is 0 Å². The maximum atomic E-state index is 11.4. The van der Waals surface area contributed by atoms with Crippen molar-refractivity contribution in [3.05, 3.63) is 35.9 Å². The van der Waals surface area contributed by atoms with Crippen LogP contribution in [-0.4, -0.2) is 27.5 Å². The molecule has 3 heteroatoms. The van der Waals surface area contributed by atoms with Crippen LogP contribution in [0, 0.1) is 0 Å². The average molecular weight is 297 g/mol. The summed E-state index contributed by atoms with van der Waals surface area (Å²) in [4.78, 5) is 11.4. The van der Waals surface area contributed by atoms with Gasteiger partial charge in [0.05, 0.1) is 0 Å². The monoisotopic (exact) mass is 298 g/mol. The van der Waals surface area contributed by atoms with Crippen LogP contribution in [0.1, 0.15) is 30.1 Å². The van der Waals surface area contributed by atoms with Gasteiger partial charge >= 0.3 is 95.5 Å². The third-order valence-corrected chi connectivity index (χ3v) is 4.34. The van der Waals surface area contributed by atoms with Gasteiger partial charge in [0, 0.05) is 0 Å². The van der Waals surface area contributed by atoms with Crippen molar-refractivity contribution in [3.8, 4) is 0 Å². The van der Waals surface area contributed by atoms with Crippen LogP contribution in [0.3, 0.4) is 0 Å². The van der Waals surface area contributed by atoms with E-state index in [2.05, 4.69) is 6.92 Å². The molecule has 0 bridgehead atoms. The molecule has 0 saturated heterocycles. The zero-order valence-electron chi connectivity index (χ0n) is 8.32. The molecule has 0 unspecified atom stereocenters. The van der Waals surface area contributed by atoms with E-state index in [0.717, 1.165) is 4.44 Å². The Labute approximate surface area is 95.4 Å². The van der Waals surface area contributed by atoms with E-state index in [1.807, 2.05) is 18.2 Å². The molecule has 0 spiro atoms. The van der Waals surface area contributed by atoms with Crippen LogP contribution >= 0.6 is 0 Å². The normalized spacial score (nSPS) is 9.79. The van der Waals surface area contributed by atoms with Crippen LogP contribution in [0.2, 0.25) is 4.44 Å². The van der Waals surface area contributed by atoms with Crippen molar-refractivity contribution in [3.63, 3.8) is 0 Å². The van der Waals surface area contributed by atoms with E-state index in [1.54, 1.807) is 12.1 Å². The van der Waals surface area contributed by atoms with Crippen molar-refractivity contribution in [1.82, 2.24) is 0 Å². The van der Waals surface area contributed by atoms with Crippen LogP contribution in [0.5, 0.6) is 0 Å². The molecule has 74 valence electrons. The number of hydrogen-bond donors (Lipinski definition) is 0. The van der Waals surface area contributed by atoms with Gasteiger partial charge in [0.2, 0.25) is 0 Å². The Kier molecular flexibility index (Phi) is 5.67. The molecule has 0 aromatic heterocycles. The third kappa shape index (κ3) is 4.13. The van der Waals surface area contributed by atoms with Gasteiger partial charge in [-0.3, -0.25) is 0 Å². The number of carbonyl (C=O) groups is 1. The van der Waals surface area contributed by atoms with Gasteiger partial charge in [-0.15, -0.1) is 0 Å². The molecular formula is C11H14O2Sn. The predicted octanol–water partition coefficient (Wildman–Crippen LogP) is 2.68. The van der Waals surface area contributed by atoms with E-state index in [0.29, 0.717) is 5.56 Å². The quantitative estimate of drug-likeness (QED) is 0.617. The minimum absolute atomic E-state index is 0.145. The first-order valence-corrected chi connectivity index (χ1v) is 8.02. The molecule has 0 saturated carbocycles. The van der Waals surface area contributed by atoms with Gasteiger partial charge in [-0.2, -0.15) is 0 Å². The van der Waals surface area contributed by atoms with Gasteiger partial charge in [0.1, 0.15) is 0 Å². The van der Waals surface area contributed by atoms with Crippen LogP contribution in [0.25, 0.3) is 0 Å². The summed E-state index contributed by atoms with van der Waals surface area (Å²) in [5, 5.41) is 0. The molecule has 0 aliphatic heterocycles. The molecule has 1 rings (SSSR count). The van der Waals surface area contributed by atoms with Crippen molar-refractivity contribution in [2.24, 2.45) is 0 Å². The summed E-state index contributed by atoms with van der Waals surface area (Å²) < 4.78 is 6.38. The molecule has 0 fully saturated rings. The summed E-state index contributed by atoms with van der Waals surface area (Å²) >= 11 is -0.903. The Morgan fingerprint density at radius 1 is 1.36 bits per heavy atom. The van der Waals surface area contributed by atoms with Crippen molar-refractivity contribution in [1.29, 1.82) is 0 Å². The van der Waals surface area contributed by atoms with Crippen LogP contribution in [-0.2, 0) is 3.07 Å². The van der Waals surface area contributed by atoms with Crippen LogP contribution in [0.15, 0.2) is 30.3 Å². The van der Waals surface area contributed by atoms with Crippen molar-refractivity contribution < 1.29 is 7.87 Å². The molecular weight excluding hydrogens is 283 g/mol. The van der Waals surface area contributed by atoms with E-state index >= 15 is 0 Å². The summed E-state index contributed by atoms with van der Waals surface area (Å²) in [6.45, 7) is 2.15. The molecule has 0 heterocycles. The summed E-state index contributed by atoms with van der Waals surface area (Å²) in [5.74, 6) is -0.145. The van der Waals surface area contributed by atoms with Crippen LogP contribution in [0.4, 0.5) is 0 Å². The number of carbonyl (C=O) groups excluding carboxylic acids is 1. The second-order valence-corrected chi connectivity index (χ2v) is 5.84. The van der Waals surface area contributed by atoms with E-state index < -0.39 is 21.6 Å². The van der Waals surface area contributed by atoms with Gasteiger partial charge in [0.15, 0.2) is 0 Å². The van der Waals surface area contributed by atoms with Crippen molar-refractivity contribution in [2.75, 3.05) is 0 Å². The molecule has 2 radical (unpaired) electrons. The molecule has 0 aliphatic rings. The standard InChI is InChI=1S/C7H6O2.C4H9.Sn/c8-7(9)6-4-2-1-3-5-6;1-3-4-2;/h1-5H,(H,8,9);1,3-4H2,2H3;/q;;+1/p-1. The first-order chi connectivity index (χ1) is 6.84. The van der Waals surface area contributed by atoms with Crippen LogP contribution < -0.4 is 0 Å². The fraction of sp³-hybridized carbons (Fsp3) is 0.364. The molecule has 0 N–H and O–H groups in total. The van der Waals surface area contributed by atoms with Crippen molar-refractivity contribution in [2.45, 2.75) is 24.2 Å². The second kappa shape index (κ2) is 6.87. The molecule has 2 nitrogen and oxygen atoms in total. The molecule has 1 aromatic carbocycles. The Bertz CT molecular complexity index is 272. The number of unbranched alkanes of at least 4 members (excludes halogenated alkanes) is 1. The summed E-state index contributed by atoms with van der Waals surface area (Å²) in [7, 11) is 0. The van der Waals surface area contributed by atoms with Gasteiger partial charge in [-0.05, 0) is 0 Å². The number of rotatable bonds is 5. The number of benzene rings is 1. The Morgan fingerprint density at radius 2 is 2.07 bits per heavy atom. The minimum atomic E-state index is -0.903. The summed E-state index contributed by atoms with van der Waals surface area (Å²) in [6, 6.07) is 9.19. The van der Waals surface area contributed by atoms with Crippen molar-refractivity contribution >= 4 is 27.5 Å². The molecule has 1 aromatic rings.